The second-order valence-electron chi connectivity index (χ2n) is 4.95. The molecule has 3 rings (SSSR count). The smallest absolute Gasteiger partial charge is 0.451 e. The van der Waals surface area contributed by atoms with Gasteiger partial charge in [0.15, 0.2) is 0 Å². The predicted octanol–water partition coefficient (Wildman–Crippen LogP) is 4.11. The van der Waals surface area contributed by atoms with Crippen molar-refractivity contribution < 1.29 is 23.0 Å². The number of aromatic nitrogens is 2. The Balaban J connectivity index is 2.17. The van der Waals surface area contributed by atoms with Crippen LogP contribution in [0, 0.1) is 0 Å². The van der Waals surface area contributed by atoms with Gasteiger partial charge < -0.3 is 15.2 Å². The molecule has 124 valence electrons. The van der Waals surface area contributed by atoms with E-state index in [1.54, 1.807) is 24.3 Å². The molecule has 0 bridgehead atoms. The maximum atomic E-state index is 13.1. The summed E-state index contributed by atoms with van der Waals surface area (Å²) >= 11 is 0. The zero-order chi connectivity index (χ0) is 17.3. The van der Waals surface area contributed by atoms with E-state index in [0.29, 0.717) is 16.8 Å². The number of fused-ring (bicyclic) bond motifs is 1. The molecule has 24 heavy (non-hydrogen) atoms. The van der Waals surface area contributed by atoms with Crippen molar-refractivity contribution in [2.24, 2.45) is 0 Å². The molecular formula is C16H12F3N3O2. The van der Waals surface area contributed by atoms with Crippen LogP contribution < -0.4 is 10.1 Å². The summed E-state index contributed by atoms with van der Waals surface area (Å²) in [6.45, 7) is 0. The van der Waals surface area contributed by atoms with Crippen molar-refractivity contribution in [3.63, 3.8) is 0 Å². The van der Waals surface area contributed by atoms with Gasteiger partial charge in [0.25, 0.3) is 0 Å². The van der Waals surface area contributed by atoms with Crippen molar-refractivity contribution >= 4 is 22.4 Å². The molecule has 8 heteroatoms. The Morgan fingerprint density at radius 3 is 2.54 bits per heavy atom. The number of phenolic OH excluding ortho intramolecular Hbond substituents is 1. The molecule has 0 saturated carbocycles. The summed E-state index contributed by atoms with van der Waals surface area (Å²) in [6.07, 6.45) is -4.69. The third kappa shape index (κ3) is 3.17. The lowest BCUT2D eigenvalue weighted by Crippen LogP contribution is -2.12. The molecule has 0 aliphatic carbocycles. The maximum Gasteiger partial charge on any atom is 0.451 e. The molecule has 0 spiro atoms. The summed E-state index contributed by atoms with van der Waals surface area (Å²) in [6, 6.07) is 10.6. The van der Waals surface area contributed by atoms with Crippen molar-refractivity contribution in [2.45, 2.75) is 6.18 Å². The second kappa shape index (κ2) is 5.88. The maximum absolute atomic E-state index is 13.1. The van der Waals surface area contributed by atoms with Gasteiger partial charge in [0, 0.05) is 23.2 Å². The van der Waals surface area contributed by atoms with Gasteiger partial charge in [-0.25, -0.2) is 9.97 Å². The number of anilines is 2. The number of hydrogen-bond donors (Lipinski definition) is 2. The number of halogens is 3. The minimum atomic E-state index is -4.69. The van der Waals surface area contributed by atoms with Crippen LogP contribution in [0.4, 0.5) is 24.7 Å². The van der Waals surface area contributed by atoms with Gasteiger partial charge in [-0.15, -0.1) is 0 Å². The first kappa shape index (κ1) is 15.9. The molecule has 0 radical (unpaired) electrons. The molecule has 0 amide bonds. The molecule has 1 heterocycles. The van der Waals surface area contributed by atoms with Gasteiger partial charge in [-0.3, -0.25) is 0 Å². The fourth-order valence-corrected chi connectivity index (χ4v) is 2.18. The molecule has 0 atom stereocenters. The van der Waals surface area contributed by atoms with Gasteiger partial charge >= 0.3 is 6.18 Å². The highest BCUT2D eigenvalue weighted by molar-refractivity contribution is 5.91. The number of benzene rings is 2. The second-order valence-corrected chi connectivity index (χ2v) is 4.95. The van der Waals surface area contributed by atoms with Crippen LogP contribution >= 0.6 is 0 Å². The number of aromatic hydroxyl groups is 1. The van der Waals surface area contributed by atoms with E-state index >= 15 is 0 Å². The van der Waals surface area contributed by atoms with E-state index in [2.05, 4.69) is 15.3 Å². The highest BCUT2D eigenvalue weighted by Gasteiger charge is 2.35. The fraction of sp³-hybridized carbons (Fsp3) is 0.125. The van der Waals surface area contributed by atoms with Crippen LogP contribution in [0.5, 0.6) is 11.5 Å². The average molecular weight is 335 g/mol. The van der Waals surface area contributed by atoms with E-state index in [1.807, 2.05) is 0 Å². The van der Waals surface area contributed by atoms with Crippen molar-refractivity contribution in [3.8, 4) is 11.5 Å². The van der Waals surface area contributed by atoms with E-state index in [-0.39, 0.29) is 17.1 Å². The van der Waals surface area contributed by atoms with Crippen molar-refractivity contribution in [3.05, 3.63) is 48.3 Å². The lowest BCUT2D eigenvalue weighted by molar-refractivity contribution is -0.144. The highest BCUT2D eigenvalue weighted by Crippen LogP contribution is 2.33. The monoisotopic (exact) mass is 335 g/mol. The topological polar surface area (TPSA) is 67.3 Å². The Morgan fingerprint density at radius 1 is 1.08 bits per heavy atom. The molecule has 0 aliphatic heterocycles. The predicted molar refractivity (Wildman–Crippen MR) is 82.5 cm³/mol. The van der Waals surface area contributed by atoms with Gasteiger partial charge in [-0.05, 0) is 24.3 Å². The Hall–Kier alpha value is -3.03. The van der Waals surface area contributed by atoms with Crippen LogP contribution in [0.2, 0.25) is 0 Å². The fourth-order valence-electron chi connectivity index (χ4n) is 2.18. The van der Waals surface area contributed by atoms with Gasteiger partial charge in [0.2, 0.25) is 5.82 Å². The van der Waals surface area contributed by atoms with Gasteiger partial charge in [0.1, 0.15) is 17.3 Å². The first-order chi connectivity index (χ1) is 11.4. The summed E-state index contributed by atoms with van der Waals surface area (Å²) in [5, 5.41) is 12.7. The van der Waals surface area contributed by atoms with Crippen LogP contribution in [0.25, 0.3) is 10.9 Å². The molecule has 3 aromatic rings. The number of hydrogen-bond acceptors (Lipinski definition) is 5. The van der Waals surface area contributed by atoms with Crippen molar-refractivity contribution in [1.29, 1.82) is 0 Å². The number of nitrogens with one attached hydrogen (secondary N) is 1. The summed E-state index contributed by atoms with van der Waals surface area (Å²) in [7, 11) is 1.42. The molecule has 2 N–H and O–H groups in total. The number of phenols is 1. The highest BCUT2D eigenvalue weighted by atomic mass is 19.4. The van der Waals surface area contributed by atoms with E-state index in [4.69, 9.17) is 4.74 Å². The summed E-state index contributed by atoms with van der Waals surface area (Å²) in [4.78, 5) is 7.15. The molecule has 0 saturated heterocycles. The molecule has 0 fully saturated rings. The molecule has 2 aromatic carbocycles. The third-order valence-corrected chi connectivity index (χ3v) is 3.27. The van der Waals surface area contributed by atoms with Crippen LogP contribution in [-0.2, 0) is 6.18 Å². The Labute approximate surface area is 134 Å². The van der Waals surface area contributed by atoms with Gasteiger partial charge in [0.05, 0.1) is 12.6 Å². The van der Waals surface area contributed by atoms with E-state index < -0.39 is 12.0 Å². The SMILES string of the molecule is COc1ccc2c(Nc3cccc(O)c3)nc(C(F)(F)F)nc2c1. The first-order valence-electron chi connectivity index (χ1n) is 6.86. The molecular weight excluding hydrogens is 323 g/mol. The van der Waals surface area contributed by atoms with E-state index in [1.165, 1.54) is 25.3 Å². The van der Waals surface area contributed by atoms with Crippen LogP contribution in [0.15, 0.2) is 42.5 Å². The van der Waals surface area contributed by atoms with Crippen LogP contribution in [0.3, 0.4) is 0 Å². The number of rotatable bonds is 3. The number of nitrogens with zero attached hydrogens (tertiary/aromatic N) is 2. The number of methoxy groups -OCH3 is 1. The average Bonchev–Trinajstić information content (AvgIpc) is 2.53. The molecule has 0 unspecified atom stereocenters. The number of alkyl halides is 3. The largest absolute Gasteiger partial charge is 0.508 e. The lowest BCUT2D eigenvalue weighted by atomic mass is 10.2. The van der Waals surface area contributed by atoms with Gasteiger partial charge in [-0.2, -0.15) is 13.2 Å². The summed E-state index contributed by atoms with van der Waals surface area (Å²) in [5.74, 6) is -0.903. The zero-order valence-corrected chi connectivity index (χ0v) is 12.4. The van der Waals surface area contributed by atoms with Crippen LogP contribution in [-0.4, -0.2) is 22.2 Å². The molecule has 0 aliphatic rings. The van der Waals surface area contributed by atoms with Crippen LogP contribution in [0.1, 0.15) is 5.82 Å². The van der Waals surface area contributed by atoms with E-state index in [9.17, 15) is 18.3 Å². The molecule has 1 aromatic heterocycles. The van der Waals surface area contributed by atoms with Gasteiger partial charge in [-0.1, -0.05) is 6.07 Å². The van der Waals surface area contributed by atoms with Crippen molar-refractivity contribution in [2.75, 3.05) is 12.4 Å². The zero-order valence-electron chi connectivity index (χ0n) is 12.4. The minimum absolute atomic E-state index is 0.0134. The van der Waals surface area contributed by atoms with E-state index in [0.717, 1.165) is 0 Å². The normalized spacial score (nSPS) is 11.5. The summed E-state index contributed by atoms with van der Waals surface area (Å²) in [5.41, 5.74) is 0.498. The Kier molecular flexibility index (Phi) is 3.88. The standard InChI is InChI=1S/C16H12F3N3O2/c1-24-11-5-6-12-13(8-11)21-15(16(17,18)19)22-14(12)20-9-3-2-4-10(23)7-9/h2-8,23H,1H3,(H,20,21,22). The summed E-state index contributed by atoms with van der Waals surface area (Å²) < 4.78 is 44.2. The first-order valence-corrected chi connectivity index (χ1v) is 6.86. The third-order valence-electron chi connectivity index (χ3n) is 3.27. The lowest BCUT2D eigenvalue weighted by Gasteiger charge is -2.13. The Morgan fingerprint density at radius 2 is 1.88 bits per heavy atom. The Bertz CT molecular complexity index is 897. The quantitative estimate of drug-likeness (QED) is 0.754. The van der Waals surface area contributed by atoms with Crippen molar-refractivity contribution in [1.82, 2.24) is 9.97 Å². The number of ether oxygens (including phenoxy) is 1. The minimum Gasteiger partial charge on any atom is -0.508 e. The molecule has 5 nitrogen and oxygen atoms in total.